The Balaban J connectivity index is 4.31. The minimum Gasteiger partial charge on any atom is -0.466 e. The number of nitrogens with two attached hydrogens (primary N) is 1. The van der Waals surface area contributed by atoms with Crippen molar-refractivity contribution >= 4 is 17.8 Å². The van der Waals surface area contributed by atoms with Crippen LogP contribution >= 0.6 is 0 Å². The summed E-state index contributed by atoms with van der Waals surface area (Å²) in [5.41, 5.74) is 5.25. The van der Waals surface area contributed by atoms with Gasteiger partial charge in [0.2, 0.25) is 11.8 Å². The quantitative estimate of drug-likeness (QED) is 0.381. The van der Waals surface area contributed by atoms with Crippen LogP contribution in [0.2, 0.25) is 0 Å². The molecule has 0 bridgehead atoms. The predicted octanol–water partition coefficient (Wildman–Crippen LogP) is -0.791. The molecule has 3 N–H and O–H groups in total. The fraction of sp³-hybridized carbons (Fsp3) is 0.769. The second-order valence-corrected chi connectivity index (χ2v) is 4.48. The van der Waals surface area contributed by atoms with E-state index in [0.717, 1.165) is 0 Å². The number of hydrogen-bond acceptors (Lipinski definition) is 6. The maximum absolute atomic E-state index is 11.6. The van der Waals surface area contributed by atoms with Gasteiger partial charge in [-0.05, 0) is 12.8 Å². The highest BCUT2D eigenvalue weighted by molar-refractivity contribution is 5.87. The summed E-state index contributed by atoms with van der Waals surface area (Å²) in [6.07, 6.45) is -0.00768. The molecular formula is C13H24N2O6. The number of nitrogens with one attached hydrogen (secondary N) is 1. The number of hydrogen-bond donors (Lipinski definition) is 2. The van der Waals surface area contributed by atoms with Crippen LogP contribution < -0.4 is 11.1 Å². The maximum Gasteiger partial charge on any atom is 0.306 e. The van der Waals surface area contributed by atoms with Gasteiger partial charge in [0.15, 0.2) is 0 Å². The van der Waals surface area contributed by atoms with Crippen molar-refractivity contribution in [1.82, 2.24) is 5.32 Å². The molecule has 2 amide bonds. The third kappa shape index (κ3) is 8.98. The van der Waals surface area contributed by atoms with Crippen molar-refractivity contribution in [2.45, 2.75) is 26.3 Å². The van der Waals surface area contributed by atoms with E-state index in [9.17, 15) is 14.4 Å². The van der Waals surface area contributed by atoms with Gasteiger partial charge in [0.25, 0.3) is 0 Å². The van der Waals surface area contributed by atoms with Crippen molar-refractivity contribution in [3.05, 3.63) is 0 Å². The van der Waals surface area contributed by atoms with Gasteiger partial charge in [-0.2, -0.15) is 0 Å². The van der Waals surface area contributed by atoms with Gasteiger partial charge < -0.3 is 25.3 Å². The molecule has 0 unspecified atom stereocenters. The lowest BCUT2D eigenvalue weighted by molar-refractivity contribution is -0.145. The molecule has 21 heavy (non-hydrogen) atoms. The standard InChI is InChI=1S/C13H24N2O6/c1-4-21-11(17)7-9(2)12(13(14)18)15-10(16)8-20-6-5-19-3/h9,12H,4-8H2,1-3H3,(H2,14,18)(H,15,16)/t9-,12-/m0/s1. The largest absolute Gasteiger partial charge is 0.466 e. The minimum absolute atomic E-state index is 0.00768. The molecule has 8 nitrogen and oxygen atoms in total. The molecule has 0 rings (SSSR count). The molecular weight excluding hydrogens is 280 g/mol. The van der Waals surface area contributed by atoms with Gasteiger partial charge in [-0.3, -0.25) is 14.4 Å². The molecule has 2 atom stereocenters. The van der Waals surface area contributed by atoms with Gasteiger partial charge in [-0.1, -0.05) is 6.92 Å². The SMILES string of the molecule is CCOC(=O)C[C@H](C)[C@H](NC(=O)COCCOC)C(N)=O. The summed E-state index contributed by atoms with van der Waals surface area (Å²) >= 11 is 0. The molecule has 0 fully saturated rings. The smallest absolute Gasteiger partial charge is 0.306 e. The molecule has 0 aromatic rings. The first-order valence-electron chi connectivity index (χ1n) is 6.73. The van der Waals surface area contributed by atoms with Crippen LogP contribution in [0.3, 0.4) is 0 Å². The van der Waals surface area contributed by atoms with E-state index in [4.69, 9.17) is 19.9 Å². The molecule has 0 aliphatic heterocycles. The van der Waals surface area contributed by atoms with Gasteiger partial charge in [-0.25, -0.2) is 0 Å². The summed E-state index contributed by atoms with van der Waals surface area (Å²) in [4.78, 5) is 34.4. The van der Waals surface area contributed by atoms with Gasteiger partial charge in [0, 0.05) is 7.11 Å². The Morgan fingerprint density at radius 2 is 1.90 bits per heavy atom. The van der Waals surface area contributed by atoms with E-state index in [-0.39, 0.29) is 26.2 Å². The Morgan fingerprint density at radius 3 is 2.43 bits per heavy atom. The monoisotopic (exact) mass is 304 g/mol. The lowest BCUT2D eigenvalue weighted by Gasteiger charge is -2.21. The van der Waals surface area contributed by atoms with Crippen LogP contribution in [0.15, 0.2) is 0 Å². The summed E-state index contributed by atoms with van der Waals surface area (Å²) < 4.78 is 14.6. The van der Waals surface area contributed by atoms with E-state index in [1.807, 2.05) is 0 Å². The van der Waals surface area contributed by atoms with Gasteiger partial charge in [-0.15, -0.1) is 0 Å². The van der Waals surface area contributed by atoms with Crippen LogP contribution in [0.4, 0.5) is 0 Å². The van der Waals surface area contributed by atoms with Crippen LogP contribution in [0.25, 0.3) is 0 Å². The van der Waals surface area contributed by atoms with E-state index in [1.54, 1.807) is 13.8 Å². The lowest BCUT2D eigenvalue weighted by Crippen LogP contribution is -2.50. The van der Waals surface area contributed by atoms with Crippen molar-refractivity contribution in [2.75, 3.05) is 33.5 Å². The molecule has 0 aliphatic carbocycles. The molecule has 0 radical (unpaired) electrons. The summed E-state index contributed by atoms with van der Waals surface area (Å²) in [7, 11) is 1.52. The summed E-state index contributed by atoms with van der Waals surface area (Å²) in [5, 5.41) is 2.45. The van der Waals surface area contributed by atoms with Crippen molar-refractivity contribution < 1.29 is 28.6 Å². The number of esters is 1. The Hall–Kier alpha value is -1.67. The summed E-state index contributed by atoms with van der Waals surface area (Å²) in [5.74, 6) is -2.10. The molecule has 0 spiro atoms. The highest BCUT2D eigenvalue weighted by Gasteiger charge is 2.27. The number of amides is 2. The van der Waals surface area contributed by atoms with Crippen LogP contribution in [0, 0.1) is 5.92 Å². The highest BCUT2D eigenvalue weighted by atomic mass is 16.5. The Bertz CT molecular complexity index is 348. The first-order valence-corrected chi connectivity index (χ1v) is 6.73. The average molecular weight is 304 g/mol. The molecule has 0 saturated heterocycles. The third-order valence-corrected chi connectivity index (χ3v) is 2.65. The maximum atomic E-state index is 11.6. The summed E-state index contributed by atoms with van der Waals surface area (Å²) in [6, 6.07) is -0.951. The normalized spacial score (nSPS) is 13.3. The second-order valence-electron chi connectivity index (χ2n) is 4.48. The fourth-order valence-electron chi connectivity index (χ4n) is 1.62. The third-order valence-electron chi connectivity index (χ3n) is 2.65. The Kier molecular flexibility index (Phi) is 10.2. The summed E-state index contributed by atoms with van der Waals surface area (Å²) in [6.45, 7) is 4.01. The lowest BCUT2D eigenvalue weighted by atomic mass is 9.97. The molecule has 0 aromatic carbocycles. The molecule has 8 heteroatoms. The number of rotatable bonds is 11. The van der Waals surface area contributed by atoms with Gasteiger partial charge in [0.05, 0.1) is 26.2 Å². The number of carbonyl (C=O) groups is 3. The highest BCUT2D eigenvalue weighted by Crippen LogP contribution is 2.09. The van der Waals surface area contributed by atoms with E-state index in [1.165, 1.54) is 7.11 Å². The van der Waals surface area contributed by atoms with Crippen LogP contribution in [0.1, 0.15) is 20.3 Å². The zero-order valence-electron chi connectivity index (χ0n) is 12.7. The molecule has 0 heterocycles. The number of ether oxygens (including phenoxy) is 3. The van der Waals surface area contributed by atoms with E-state index in [0.29, 0.717) is 6.61 Å². The average Bonchev–Trinajstić information content (AvgIpc) is 2.40. The van der Waals surface area contributed by atoms with Crippen molar-refractivity contribution in [1.29, 1.82) is 0 Å². The number of methoxy groups -OCH3 is 1. The zero-order chi connectivity index (χ0) is 16.3. The van der Waals surface area contributed by atoms with E-state index >= 15 is 0 Å². The molecule has 0 aliphatic rings. The molecule has 0 aromatic heterocycles. The first-order chi connectivity index (χ1) is 9.92. The van der Waals surface area contributed by atoms with E-state index in [2.05, 4.69) is 5.32 Å². The van der Waals surface area contributed by atoms with Crippen molar-refractivity contribution in [2.24, 2.45) is 11.7 Å². The van der Waals surface area contributed by atoms with Crippen LogP contribution in [0.5, 0.6) is 0 Å². The molecule has 0 saturated carbocycles. The van der Waals surface area contributed by atoms with E-state index < -0.39 is 29.7 Å². The van der Waals surface area contributed by atoms with Gasteiger partial charge >= 0.3 is 5.97 Å². The van der Waals surface area contributed by atoms with Gasteiger partial charge in [0.1, 0.15) is 12.6 Å². The first kappa shape index (κ1) is 19.3. The fourth-order valence-corrected chi connectivity index (χ4v) is 1.62. The topological polar surface area (TPSA) is 117 Å². The zero-order valence-corrected chi connectivity index (χ0v) is 12.7. The number of carbonyl (C=O) groups excluding carboxylic acids is 3. The van der Waals surface area contributed by atoms with Crippen LogP contribution in [-0.4, -0.2) is 57.4 Å². The molecule has 122 valence electrons. The number of primary amides is 1. The predicted molar refractivity (Wildman–Crippen MR) is 74.2 cm³/mol. The second kappa shape index (κ2) is 11.0. The van der Waals surface area contributed by atoms with Crippen molar-refractivity contribution in [3.8, 4) is 0 Å². The Morgan fingerprint density at radius 1 is 1.24 bits per heavy atom. The Labute approximate surface area is 124 Å². The van der Waals surface area contributed by atoms with Crippen molar-refractivity contribution in [3.63, 3.8) is 0 Å². The van der Waals surface area contributed by atoms with Crippen LogP contribution in [-0.2, 0) is 28.6 Å². The minimum atomic E-state index is -0.951.